The molecule has 0 radical (unpaired) electrons. The molecule has 0 aliphatic carbocycles. The Morgan fingerprint density at radius 1 is 0.931 bits per heavy atom. The lowest BCUT2D eigenvalue weighted by Crippen LogP contribution is -2.34. The van der Waals surface area contributed by atoms with Crippen molar-refractivity contribution in [3.05, 3.63) is 90.0 Å². The van der Waals surface area contributed by atoms with Crippen molar-refractivity contribution < 1.29 is 14.3 Å². The maximum Gasteiger partial charge on any atom is 0.257 e. The maximum atomic E-state index is 12.6. The molecule has 6 heteroatoms. The fourth-order valence-electron chi connectivity index (χ4n) is 2.65. The van der Waals surface area contributed by atoms with Gasteiger partial charge in [-0.25, -0.2) is 0 Å². The lowest BCUT2D eigenvalue weighted by molar-refractivity contribution is 0.0977. The topological polar surface area (TPSA) is 59.6 Å². The number of amides is 1. The van der Waals surface area contributed by atoms with Gasteiger partial charge >= 0.3 is 0 Å². The molecule has 0 unspecified atom stereocenters. The number of para-hydroxylation sites is 2. The zero-order valence-corrected chi connectivity index (χ0v) is 16.9. The summed E-state index contributed by atoms with van der Waals surface area (Å²) in [6, 6.07) is 24.2. The second kappa shape index (κ2) is 10.2. The van der Waals surface area contributed by atoms with E-state index in [9.17, 15) is 4.79 Å². The monoisotopic (exact) mass is 406 g/mol. The molecule has 0 aliphatic rings. The normalized spacial score (nSPS) is 10.1. The predicted octanol–water partition coefficient (Wildman–Crippen LogP) is 4.79. The summed E-state index contributed by atoms with van der Waals surface area (Å²) in [6.07, 6.45) is 0. The van der Waals surface area contributed by atoms with E-state index in [4.69, 9.17) is 21.7 Å². The van der Waals surface area contributed by atoms with Crippen molar-refractivity contribution in [1.82, 2.24) is 5.32 Å². The average Bonchev–Trinajstić information content (AvgIpc) is 2.75. The molecule has 0 bridgehead atoms. The van der Waals surface area contributed by atoms with Gasteiger partial charge in [-0.3, -0.25) is 10.1 Å². The molecular weight excluding hydrogens is 384 g/mol. The number of rotatable bonds is 7. The number of anilines is 1. The van der Waals surface area contributed by atoms with Gasteiger partial charge in [0, 0.05) is 5.56 Å². The van der Waals surface area contributed by atoms with Crippen LogP contribution >= 0.6 is 12.2 Å². The quantitative estimate of drug-likeness (QED) is 0.553. The predicted molar refractivity (Wildman–Crippen MR) is 119 cm³/mol. The highest BCUT2D eigenvalue weighted by Crippen LogP contribution is 2.23. The molecule has 148 valence electrons. The Labute approximate surface area is 175 Å². The van der Waals surface area contributed by atoms with Gasteiger partial charge in [-0.15, -0.1) is 0 Å². The number of nitrogens with one attached hydrogen (secondary N) is 2. The van der Waals surface area contributed by atoms with E-state index in [1.54, 1.807) is 18.2 Å². The van der Waals surface area contributed by atoms with Crippen molar-refractivity contribution in [3.63, 3.8) is 0 Å². The molecule has 3 aromatic carbocycles. The largest absolute Gasteiger partial charge is 0.492 e. The van der Waals surface area contributed by atoms with Gasteiger partial charge in [0.25, 0.3) is 5.91 Å². The number of benzene rings is 3. The summed E-state index contributed by atoms with van der Waals surface area (Å²) in [5, 5.41) is 5.88. The summed E-state index contributed by atoms with van der Waals surface area (Å²) in [5.74, 6) is 0.964. The number of thiocarbonyl (C=S) groups is 1. The molecular formula is C23H22N2O3S. The molecule has 0 aromatic heterocycles. The number of carbonyl (C=O) groups is 1. The fraction of sp³-hybridized carbons (Fsp3) is 0.130. The summed E-state index contributed by atoms with van der Waals surface area (Å²) in [6.45, 7) is 2.87. The molecule has 0 saturated heterocycles. The highest BCUT2D eigenvalue weighted by Gasteiger charge is 2.11. The highest BCUT2D eigenvalue weighted by atomic mass is 32.1. The molecule has 0 saturated carbocycles. The highest BCUT2D eigenvalue weighted by molar-refractivity contribution is 7.80. The fourth-order valence-corrected chi connectivity index (χ4v) is 2.85. The summed E-state index contributed by atoms with van der Waals surface area (Å²) >= 11 is 5.27. The smallest absolute Gasteiger partial charge is 0.257 e. The lowest BCUT2D eigenvalue weighted by atomic mass is 10.2. The number of hydrogen-bond acceptors (Lipinski definition) is 4. The first kappa shape index (κ1) is 20.4. The minimum absolute atomic E-state index is 0.192. The molecule has 0 atom stereocenters. The standard InChI is InChI=1S/C23H22N2O3S/c1-2-27-21-14-7-6-13-20(21)24-23(29)25-22(26)18-11-8-12-19(15-18)28-16-17-9-4-3-5-10-17/h3-15H,2,16H2,1H3,(H2,24,25,26,29). The summed E-state index contributed by atoms with van der Waals surface area (Å²) in [7, 11) is 0. The second-order valence-electron chi connectivity index (χ2n) is 6.14. The van der Waals surface area contributed by atoms with Gasteiger partial charge in [0.05, 0.1) is 12.3 Å². The molecule has 0 spiro atoms. The number of hydrogen-bond donors (Lipinski definition) is 2. The molecule has 3 aromatic rings. The van der Waals surface area contributed by atoms with E-state index in [-0.39, 0.29) is 11.0 Å². The van der Waals surface area contributed by atoms with Crippen molar-refractivity contribution >= 4 is 28.9 Å². The van der Waals surface area contributed by atoms with Crippen molar-refractivity contribution in [1.29, 1.82) is 0 Å². The van der Waals surface area contributed by atoms with E-state index in [2.05, 4.69) is 10.6 Å². The summed E-state index contributed by atoms with van der Waals surface area (Å²) in [5.41, 5.74) is 2.21. The van der Waals surface area contributed by atoms with Gasteiger partial charge in [0.2, 0.25) is 0 Å². The third kappa shape index (κ3) is 6.05. The Balaban J connectivity index is 1.59. The van der Waals surface area contributed by atoms with Crippen LogP contribution in [0.1, 0.15) is 22.8 Å². The molecule has 0 aliphatic heterocycles. The van der Waals surface area contributed by atoms with Crippen molar-refractivity contribution in [2.45, 2.75) is 13.5 Å². The van der Waals surface area contributed by atoms with Crippen LogP contribution < -0.4 is 20.1 Å². The van der Waals surface area contributed by atoms with Crippen LogP contribution in [-0.2, 0) is 6.61 Å². The number of carbonyl (C=O) groups excluding carboxylic acids is 1. The molecule has 0 fully saturated rings. The number of ether oxygens (including phenoxy) is 2. The molecule has 1 amide bonds. The second-order valence-corrected chi connectivity index (χ2v) is 6.55. The van der Waals surface area contributed by atoms with Crippen LogP contribution in [0.2, 0.25) is 0 Å². The lowest BCUT2D eigenvalue weighted by Gasteiger charge is -2.14. The Morgan fingerprint density at radius 2 is 1.69 bits per heavy atom. The van der Waals surface area contributed by atoms with Gasteiger partial charge in [-0.05, 0) is 55.0 Å². The first-order valence-corrected chi connectivity index (χ1v) is 9.67. The molecule has 5 nitrogen and oxygen atoms in total. The van der Waals surface area contributed by atoms with Crippen LogP contribution in [0.25, 0.3) is 0 Å². The molecule has 29 heavy (non-hydrogen) atoms. The SMILES string of the molecule is CCOc1ccccc1NC(=S)NC(=O)c1cccc(OCc2ccccc2)c1. The van der Waals surface area contributed by atoms with E-state index in [0.717, 1.165) is 5.56 Å². The zero-order chi connectivity index (χ0) is 20.5. The van der Waals surface area contributed by atoms with Gasteiger partial charge in [-0.1, -0.05) is 48.5 Å². The molecule has 3 rings (SSSR count). The third-order valence-electron chi connectivity index (χ3n) is 4.01. The maximum absolute atomic E-state index is 12.6. The summed E-state index contributed by atoms with van der Waals surface area (Å²) in [4.78, 5) is 12.6. The Bertz CT molecular complexity index is 977. The van der Waals surface area contributed by atoms with E-state index in [0.29, 0.717) is 36.0 Å². The van der Waals surface area contributed by atoms with Crippen LogP contribution in [-0.4, -0.2) is 17.6 Å². The van der Waals surface area contributed by atoms with E-state index >= 15 is 0 Å². The van der Waals surface area contributed by atoms with Crippen molar-refractivity contribution in [2.24, 2.45) is 0 Å². The Morgan fingerprint density at radius 3 is 2.48 bits per heavy atom. The molecule has 2 N–H and O–H groups in total. The van der Waals surface area contributed by atoms with Gasteiger partial charge in [-0.2, -0.15) is 0 Å². The molecule has 0 heterocycles. The average molecular weight is 407 g/mol. The van der Waals surface area contributed by atoms with E-state index < -0.39 is 0 Å². The van der Waals surface area contributed by atoms with Crippen molar-refractivity contribution in [2.75, 3.05) is 11.9 Å². The van der Waals surface area contributed by atoms with Crippen LogP contribution in [0.5, 0.6) is 11.5 Å². The summed E-state index contributed by atoms with van der Waals surface area (Å²) < 4.78 is 11.3. The van der Waals surface area contributed by atoms with Gasteiger partial charge in [0.1, 0.15) is 18.1 Å². The van der Waals surface area contributed by atoms with Gasteiger partial charge in [0.15, 0.2) is 5.11 Å². The Hall–Kier alpha value is -3.38. The third-order valence-corrected chi connectivity index (χ3v) is 4.21. The zero-order valence-electron chi connectivity index (χ0n) is 16.1. The first-order valence-electron chi connectivity index (χ1n) is 9.26. The van der Waals surface area contributed by atoms with Crippen LogP contribution in [0.15, 0.2) is 78.9 Å². The Kier molecular flexibility index (Phi) is 7.19. The van der Waals surface area contributed by atoms with E-state index in [1.807, 2.05) is 67.6 Å². The van der Waals surface area contributed by atoms with Gasteiger partial charge < -0.3 is 14.8 Å². The first-order chi connectivity index (χ1) is 14.2. The minimum Gasteiger partial charge on any atom is -0.492 e. The van der Waals surface area contributed by atoms with E-state index in [1.165, 1.54) is 0 Å². The van der Waals surface area contributed by atoms with Crippen LogP contribution in [0.3, 0.4) is 0 Å². The van der Waals surface area contributed by atoms with Crippen LogP contribution in [0.4, 0.5) is 5.69 Å². The minimum atomic E-state index is -0.318. The van der Waals surface area contributed by atoms with Crippen molar-refractivity contribution in [3.8, 4) is 11.5 Å². The van der Waals surface area contributed by atoms with Crippen LogP contribution in [0, 0.1) is 0 Å².